The number of hydrogen-bond acceptors (Lipinski definition) is 1. The molecule has 0 spiro atoms. The minimum Gasteiger partial charge on any atom is -0.455 e. The van der Waals surface area contributed by atoms with E-state index in [-0.39, 0.29) is 0 Å². The molecule has 5 aromatic carbocycles. The molecule has 2 aromatic heterocycles. The zero-order chi connectivity index (χ0) is 28.3. The molecule has 0 bridgehead atoms. The van der Waals surface area contributed by atoms with Crippen LogP contribution in [0.1, 0.15) is 16.7 Å². The van der Waals surface area contributed by atoms with Crippen molar-refractivity contribution in [3.63, 3.8) is 0 Å². The van der Waals surface area contributed by atoms with E-state index in [1.165, 1.54) is 65.2 Å². The molecule has 0 saturated heterocycles. The van der Waals surface area contributed by atoms with Crippen LogP contribution >= 0.6 is 0 Å². The summed E-state index contributed by atoms with van der Waals surface area (Å²) < 4.78 is 8.89. The lowest BCUT2D eigenvalue weighted by molar-refractivity contribution is -0.633. The lowest BCUT2D eigenvalue weighted by atomic mass is 9.95. The van der Waals surface area contributed by atoms with Crippen molar-refractivity contribution < 1.29 is 8.98 Å². The lowest BCUT2D eigenvalue weighted by Gasteiger charge is -2.29. The molecule has 2 nitrogen and oxygen atoms in total. The van der Waals surface area contributed by atoms with Gasteiger partial charge in [0, 0.05) is 28.3 Å². The van der Waals surface area contributed by atoms with Gasteiger partial charge in [-0.25, -0.2) is 0 Å². The highest BCUT2D eigenvalue weighted by molar-refractivity contribution is 7.10. The Hall–Kier alpha value is -4.47. The fraction of sp³-hybridized carbons (Fsp3) is 0.132. The molecule has 0 saturated carbocycles. The molecule has 7 rings (SSSR count). The number of rotatable bonds is 4. The van der Waals surface area contributed by atoms with E-state index in [0.29, 0.717) is 0 Å². The summed E-state index contributed by atoms with van der Waals surface area (Å²) in [5.41, 5.74) is 9.30. The smallest absolute Gasteiger partial charge is 0.217 e. The molecule has 0 aliphatic carbocycles. The Bertz CT molecular complexity index is 2050. The summed E-state index contributed by atoms with van der Waals surface area (Å²) in [6, 6.07) is 42.3. The van der Waals surface area contributed by atoms with Crippen molar-refractivity contribution in [2.24, 2.45) is 7.05 Å². The first-order chi connectivity index (χ1) is 19.9. The van der Waals surface area contributed by atoms with Gasteiger partial charge in [0.15, 0.2) is 0 Å². The number of pyridine rings is 1. The van der Waals surface area contributed by atoms with Gasteiger partial charge < -0.3 is 4.42 Å². The molecule has 0 aliphatic heterocycles. The minimum atomic E-state index is -2.21. The number of benzene rings is 5. The molecule has 0 amide bonds. The third kappa shape index (κ3) is 3.87. The third-order valence-corrected chi connectivity index (χ3v) is 13.7. The molecular formula is C38H34NOSi+. The number of nitrogens with zero attached hydrogens (tertiary/aromatic N) is 1. The van der Waals surface area contributed by atoms with Gasteiger partial charge in [-0.1, -0.05) is 91.5 Å². The van der Waals surface area contributed by atoms with Crippen molar-refractivity contribution in [1.29, 1.82) is 0 Å². The van der Waals surface area contributed by atoms with Crippen LogP contribution < -0.4 is 20.1 Å². The van der Waals surface area contributed by atoms with E-state index in [2.05, 4.69) is 148 Å². The van der Waals surface area contributed by atoms with Crippen molar-refractivity contribution >= 4 is 56.5 Å². The molecular weight excluding hydrogens is 515 g/mol. The van der Waals surface area contributed by atoms with Gasteiger partial charge in [0.25, 0.3) is 0 Å². The Labute approximate surface area is 242 Å². The van der Waals surface area contributed by atoms with Gasteiger partial charge in [-0.3, -0.25) is 0 Å². The van der Waals surface area contributed by atoms with Crippen molar-refractivity contribution in [2.75, 3.05) is 0 Å². The lowest BCUT2D eigenvalue weighted by Crippen LogP contribution is -2.64. The molecule has 41 heavy (non-hydrogen) atoms. The van der Waals surface area contributed by atoms with Crippen LogP contribution in [-0.4, -0.2) is 8.07 Å². The fourth-order valence-electron chi connectivity index (χ4n) is 6.64. The molecule has 200 valence electrons. The van der Waals surface area contributed by atoms with Crippen LogP contribution in [0.4, 0.5) is 0 Å². The van der Waals surface area contributed by atoms with Crippen LogP contribution in [0.5, 0.6) is 0 Å². The van der Waals surface area contributed by atoms with Crippen molar-refractivity contribution in [1.82, 2.24) is 0 Å². The summed E-state index contributed by atoms with van der Waals surface area (Å²) in [7, 11) is -0.0162. The Morgan fingerprint density at radius 1 is 0.585 bits per heavy atom. The molecule has 0 aliphatic rings. The molecule has 7 aromatic rings. The predicted octanol–water partition coefficient (Wildman–Crippen LogP) is 7.26. The average molecular weight is 549 g/mol. The van der Waals surface area contributed by atoms with Crippen molar-refractivity contribution in [3.8, 4) is 11.3 Å². The second kappa shape index (κ2) is 9.57. The molecule has 0 fully saturated rings. The van der Waals surface area contributed by atoms with Gasteiger partial charge in [-0.2, -0.15) is 4.57 Å². The Morgan fingerprint density at radius 2 is 1.22 bits per heavy atom. The number of furan rings is 1. The first-order valence-electron chi connectivity index (χ1n) is 14.3. The number of fused-ring (bicyclic) bond motifs is 4. The zero-order valence-electron chi connectivity index (χ0n) is 24.3. The van der Waals surface area contributed by atoms with E-state index in [4.69, 9.17) is 4.42 Å². The maximum absolute atomic E-state index is 6.53. The predicted molar refractivity (Wildman–Crippen MR) is 175 cm³/mol. The van der Waals surface area contributed by atoms with Crippen LogP contribution in [-0.2, 0) is 7.05 Å². The maximum Gasteiger partial charge on any atom is 0.217 e. The van der Waals surface area contributed by atoms with Crippen LogP contribution in [0.15, 0.2) is 120 Å². The van der Waals surface area contributed by atoms with Gasteiger partial charge in [0.1, 0.15) is 26.3 Å². The van der Waals surface area contributed by atoms with E-state index in [1.54, 1.807) is 0 Å². The Kier molecular flexibility index (Phi) is 5.95. The number of para-hydroxylation sites is 1. The summed E-state index contributed by atoms with van der Waals surface area (Å²) in [6.07, 6.45) is 0. The third-order valence-electron chi connectivity index (χ3n) is 9.22. The minimum absolute atomic E-state index is 0.935. The van der Waals surface area contributed by atoms with Gasteiger partial charge in [-0.15, -0.1) is 0 Å². The van der Waals surface area contributed by atoms with E-state index in [9.17, 15) is 0 Å². The highest BCUT2D eigenvalue weighted by Gasteiger charge is 2.35. The molecule has 0 unspecified atom stereocenters. The van der Waals surface area contributed by atoms with E-state index in [1.807, 2.05) is 6.07 Å². The van der Waals surface area contributed by atoms with E-state index < -0.39 is 8.07 Å². The summed E-state index contributed by atoms with van der Waals surface area (Å²) in [4.78, 5) is 0. The second-order valence-corrected chi connectivity index (χ2v) is 15.5. The summed E-state index contributed by atoms with van der Waals surface area (Å²) in [6.45, 7) is 9.16. The zero-order valence-corrected chi connectivity index (χ0v) is 25.3. The molecule has 3 heteroatoms. The summed E-state index contributed by atoms with van der Waals surface area (Å²) >= 11 is 0. The number of aromatic nitrogens is 1. The largest absolute Gasteiger partial charge is 0.455 e. The van der Waals surface area contributed by atoms with E-state index in [0.717, 1.165) is 11.2 Å². The maximum atomic E-state index is 6.53. The average Bonchev–Trinajstić information content (AvgIpc) is 3.38. The second-order valence-electron chi connectivity index (χ2n) is 11.5. The number of aryl methyl sites for hydroxylation is 3. The summed E-state index contributed by atoms with van der Waals surface area (Å²) in [5, 5.41) is 7.91. The molecule has 0 atom stereocenters. The Morgan fingerprint density at radius 3 is 1.90 bits per heavy atom. The van der Waals surface area contributed by atoms with Crippen LogP contribution in [0.2, 0.25) is 6.55 Å². The van der Waals surface area contributed by atoms with E-state index >= 15 is 0 Å². The Balaban J connectivity index is 1.48. The standard InChI is InChI=1S/C38H34NOSi/c1-25-22-33-31-18-12-13-19-36(31)40-38(33)37(27(25)3)35-23-26(2)32-24-30(20-21-34(32)39(35)4)41(5,28-14-8-6-9-15-28)29-16-10-7-11-17-29/h6-24H,1-5H3/q+1. The number of hydrogen-bond donors (Lipinski definition) is 0. The first kappa shape index (κ1) is 25.5. The van der Waals surface area contributed by atoms with Crippen molar-refractivity contribution in [2.45, 2.75) is 27.3 Å². The van der Waals surface area contributed by atoms with Crippen LogP contribution in [0.3, 0.4) is 0 Å². The first-order valence-corrected chi connectivity index (χ1v) is 16.8. The SMILES string of the molecule is Cc1cc2c(oc3ccccc32)c(-c2cc(C)c3cc([Si](C)(c4ccccc4)c4ccccc4)ccc3[n+]2C)c1C. The monoisotopic (exact) mass is 548 g/mol. The van der Waals surface area contributed by atoms with Gasteiger partial charge in [0.2, 0.25) is 11.2 Å². The normalized spacial score (nSPS) is 12.0. The van der Waals surface area contributed by atoms with Crippen molar-refractivity contribution in [3.05, 3.63) is 132 Å². The highest BCUT2D eigenvalue weighted by Crippen LogP contribution is 2.39. The molecule has 0 radical (unpaired) electrons. The van der Waals surface area contributed by atoms with Gasteiger partial charge in [0.05, 0.1) is 5.56 Å². The van der Waals surface area contributed by atoms with Crippen LogP contribution in [0, 0.1) is 20.8 Å². The van der Waals surface area contributed by atoms with Gasteiger partial charge in [-0.05, 0) is 71.2 Å². The highest BCUT2D eigenvalue weighted by atomic mass is 28.3. The molecule has 2 heterocycles. The molecule has 0 N–H and O–H groups in total. The topological polar surface area (TPSA) is 17.0 Å². The summed E-state index contributed by atoms with van der Waals surface area (Å²) in [5.74, 6) is 0. The quantitative estimate of drug-likeness (QED) is 0.129. The van der Waals surface area contributed by atoms with Crippen LogP contribution in [0.25, 0.3) is 44.1 Å². The fourth-order valence-corrected chi connectivity index (χ4v) is 10.2. The van der Waals surface area contributed by atoms with Gasteiger partial charge >= 0.3 is 0 Å².